The summed E-state index contributed by atoms with van der Waals surface area (Å²) in [6.07, 6.45) is 20.3. The van der Waals surface area contributed by atoms with E-state index in [4.69, 9.17) is 10.2 Å². The summed E-state index contributed by atoms with van der Waals surface area (Å²) in [5, 5.41) is 20.2. The van der Waals surface area contributed by atoms with Crippen LogP contribution in [0.15, 0.2) is 24.3 Å². The van der Waals surface area contributed by atoms with Gasteiger partial charge in [-0.2, -0.15) is 0 Å². The number of unbranched alkanes of at least 4 members (excludes halogenated alkanes) is 7. The Kier molecular flexibility index (Phi) is 17.8. The van der Waals surface area contributed by atoms with Crippen LogP contribution in [0.2, 0.25) is 0 Å². The largest absolute Gasteiger partial charge is 0.481 e. The summed E-state index contributed by atoms with van der Waals surface area (Å²) in [5.41, 5.74) is 0. The number of carbonyl (C=O) groups is 3. The molecule has 0 aromatic heterocycles. The van der Waals surface area contributed by atoms with Crippen LogP contribution < -0.4 is 5.32 Å². The molecule has 0 unspecified atom stereocenters. The fraction of sp³-hybridized carbons (Fsp3) is 0.696. The number of carboxylic acid groups (broad SMARTS) is 2. The van der Waals surface area contributed by atoms with Gasteiger partial charge in [0.1, 0.15) is 6.04 Å². The van der Waals surface area contributed by atoms with Crippen molar-refractivity contribution in [3.8, 4) is 0 Å². The molecule has 166 valence electrons. The van der Waals surface area contributed by atoms with Crippen LogP contribution in [0.4, 0.5) is 0 Å². The Balaban J connectivity index is 3.66. The average Bonchev–Trinajstić information content (AvgIpc) is 2.67. The van der Waals surface area contributed by atoms with Crippen molar-refractivity contribution in [1.82, 2.24) is 5.32 Å². The molecule has 0 aliphatic carbocycles. The first-order valence-corrected chi connectivity index (χ1v) is 11.0. The van der Waals surface area contributed by atoms with Gasteiger partial charge in [0.25, 0.3) is 0 Å². The van der Waals surface area contributed by atoms with Gasteiger partial charge in [-0.05, 0) is 44.9 Å². The van der Waals surface area contributed by atoms with Gasteiger partial charge in [-0.3, -0.25) is 9.59 Å². The molecule has 6 heteroatoms. The third kappa shape index (κ3) is 19.0. The molecule has 1 atom stereocenters. The van der Waals surface area contributed by atoms with Gasteiger partial charge in [0.2, 0.25) is 5.91 Å². The lowest BCUT2D eigenvalue weighted by atomic mass is 10.1. The minimum Gasteiger partial charge on any atom is -0.481 e. The number of rotatable bonds is 19. The summed E-state index contributed by atoms with van der Waals surface area (Å²) in [4.78, 5) is 33.5. The zero-order valence-electron chi connectivity index (χ0n) is 17.9. The number of carboxylic acids is 2. The maximum Gasteiger partial charge on any atom is 0.326 e. The van der Waals surface area contributed by atoms with E-state index in [0.717, 1.165) is 44.9 Å². The van der Waals surface area contributed by atoms with E-state index in [2.05, 4.69) is 36.5 Å². The van der Waals surface area contributed by atoms with Gasteiger partial charge in [-0.25, -0.2) is 4.79 Å². The minimum atomic E-state index is -1.12. The molecule has 29 heavy (non-hydrogen) atoms. The molecular formula is C23H39NO5. The first-order chi connectivity index (χ1) is 14.0. The molecular weight excluding hydrogens is 370 g/mol. The van der Waals surface area contributed by atoms with Crippen LogP contribution >= 0.6 is 0 Å². The van der Waals surface area contributed by atoms with E-state index in [-0.39, 0.29) is 25.2 Å². The number of hydrogen-bond donors (Lipinski definition) is 3. The Morgan fingerprint density at radius 3 is 2.03 bits per heavy atom. The number of nitrogens with one attached hydrogen (secondary N) is 1. The molecule has 0 saturated heterocycles. The maximum atomic E-state index is 11.9. The van der Waals surface area contributed by atoms with Crippen LogP contribution in [0.1, 0.15) is 96.8 Å². The van der Waals surface area contributed by atoms with Crippen LogP contribution in [0.25, 0.3) is 0 Å². The van der Waals surface area contributed by atoms with Crippen molar-refractivity contribution in [2.45, 2.75) is 103 Å². The quantitative estimate of drug-likeness (QED) is 0.200. The Labute approximate surface area is 175 Å². The average molecular weight is 410 g/mol. The molecule has 0 aromatic carbocycles. The Hall–Kier alpha value is -2.11. The van der Waals surface area contributed by atoms with Crippen molar-refractivity contribution in [1.29, 1.82) is 0 Å². The van der Waals surface area contributed by atoms with Gasteiger partial charge in [0.05, 0.1) is 0 Å². The van der Waals surface area contributed by atoms with Crippen molar-refractivity contribution in [3.05, 3.63) is 24.3 Å². The van der Waals surface area contributed by atoms with E-state index >= 15 is 0 Å². The highest BCUT2D eigenvalue weighted by molar-refractivity contribution is 5.83. The van der Waals surface area contributed by atoms with E-state index in [9.17, 15) is 14.4 Å². The molecule has 0 fully saturated rings. The highest BCUT2D eigenvalue weighted by atomic mass is 16.4. The van der Waals surface area contributed by atoms with Crippen molar-refractivity contribution in [2.24, 2.45) is 0 Å². The molecule has 0 aliphatic heterocycles. The van der Waals surface area contributed by atoms with E-state index in [1.807, 2.05) is 0 Å². The maximum absolute atomic E-state index is 11.9. The van der Waals surface area contributed by atoms with Gasteiger partial charge in [-0.15, -0.1) is 0 Å². The topological polar surface area (TPSA) is 104 Å². The zero-order chi connectivity index (χ0) is 21.7. The van der Waals surface area contributed by atoms with Crippen LogP contribution in [-0.4, -0.2) is 34.1 Å². The molecule has 0 spiro atoms. The highest BCUT2D eigenvalue weighted by Gasteiger charge is 2.19. The van der Waals surface area contributed by atoms with Crippen molar-refractivity contribution in [2.75, 3.05) is 0 Å². The van der Waals surface area contributed by atoms with Gasteiger partial charge in [-0.1, -0.05) is 63.3 Å². The van der Waals surface area contributed by atoms with Crippen molar-refractivity contribution < 1.29 is 24.6 Å². The van der Waals surface area contributed by atoms with Gasteiger partial charge < -0.3 is 15.5 Å². The Bertz CT molecular complexity index is 513. The second kappa shape index (κ2) is 19.2. The van der Waals surface area contributed by atoms with Gasteiger partial charge in [0, 0.05) is 12.8 Å². The summed E-state index contributed by atoms with van der Waals surface area (Å²) < 4.78 is 0. The molecule has 0 bridgehead atoms. The van der Waals surface area contributed by atoms with E-state index < -0.39 is 18.0 Å². The molecule has 0 saturated carbocycles. The van der Waals surface area contributed by atoms with Crippen molar-refractivity contribution >= 4 is 17.8 Å². The monoisotopic (exact) mass is 409 g/mol. The minimum absolute atomic E-state index is 0.0928. The Morgan fingerprint density at radius 2 is 1.41 bits per heavy atom. The lowest BCUT2D eigenvalue weighted by Gasteiger charge is -2.14. The van der Waals surface area contributed by atoms with Crippen molar-refractivity contribution in [3.63, 3.8) is 0 Å². The van der Waals surface area contributed by atoms with Crippen LogP contribution in [0.5, 0.6) is 0 Å². The summed E-state index contributed by atoms with van der Waals surface area (Å²) in [6.45, 7) is 2.20. The Morgan fingerprint density at radius 1 is 0.793 bits per heavy atom. The van der Waals surface area contributed by atoms with E-state index in [0.29, 0.717) is 6.42 Å². The fourth-order valence-corrected chi connectivity index (χ4v) is 2.89. The SMILES string of the molecule is CCCC/C=C\C/C=C\CCCCCCCC(=O)N[C@H](CCCC(=O)O)C(=O)O. The zero-order valence-corrected chi connectivity index (χ0v) is 17.9. The molecule has 1 amide bonds. The number of allylic oxidation sites excluding steroid dienone is 4. The highest BCUT2D eigenvalue weighted by Crippen LogP contribution is 2.09. The van der Waals surface area contributed by atoms with Gasteiger partial charge in [0.15, 0.2) is 0 Å². The summed E-state index contributed by atoms with van der Waals surface area (Å²) in [7, 11) is 0. The van der Waals surface area contributed by atoms with Crippen LogP contribution in [0.3, 0.4) is 0 Å². The lowest BCUT2D eigenvalue weighted by molar-refractivity contribution is -0.142. The third-order valence-electron chi connectivity index (χ3n) is 4.62. The van der Waals surface area contributed by atoms with Gasteiger partial charge >= 0.3 is 11.9 Å². The summed E-state index contributed by atoms with van der Waals surface area (Å²) in [5.74, 6) is -2.36. The van der Waals surface area contributed by atoms with E-state index in [1.165, 1.54) is 19.3 Å². The number of amides is 1. The molecule has 0 aliphatic rings. The standard InChI is InChI=1S/C23H39NO5/c1-2-3-4-5-6-7-8-9-10-11-12-13-14-15-18-21(25)24-20(23(28)29)17-16-19-22(26)27/h5-6,8-9,20H,2-4,7,10-19H2,1H3,(H,24,25)(H,26,27)(H,28,29)/b6-5-,9-8-/t20-/m1/s1. The summed E-state index contributed by atoms with van der Waals surface area (Å²) in [6, 6.07) is -1.00. The predicted octanol–water partition coefficient (Wildman–Crippen LogP) is 5.23. The molecule has 0 rings (SSSR count). The number of hydrogen-bond acceptors (Lipinski definition) is 3. The smallest absolute Gasteiger partial charge is 0.326 e. The molecule has 0 heterocycles. The molecule has 3 N–H and O–H groups in total. The summed E-state index contributed by atoms with van der Waals surface area (Å²) >= 11 is 0. The molecule has 6 nitrogen and oxygen atoms in total. The third-order valence-corrected chi connectivity index (χ3v) is 4.62. The lowest BCUT2D eigenvalue weighted by Crippen LogP contribution is -2.40. The second-order valence-electron chi connectivity index (χ2n) is 7.37. The van der Waals surface area contributed by atoms with Crippen LogP contribution in [0, 0.1) is 0 Å². The first-order valence-electron chi connectivity index (χ1n) is 11.0. The first kappa shape index (κ1) is 26.9. The normalized spacial score (nSPS) is 12.4. The fourth-order valence-electron chi connectivity index (χ4n) is 2.89. The number of carbonyl (C=O) groups excluding carboxylic acids is 1. The second-order valence-corrected chi connectivity index (χ2v) is 7.37. The number of aliphatic carboxylic acids is 2. The molecule has 0 aromatic rings. The predicted molar refractivity (Wildman–Crippen MR) is 116 cm³/mol. The van der Waals surface area contributed by atoms with E-state index in [1.54, 1.807) is 0 Å². The molecule has 0 radical (unpaired) electrons. The van der Waals surface area contributed by atoms with Crippen LogP contribution in [-0.2, 0) is 14.4 Å².